The average Bonchev–Trinajstić information content (AvgIpc) is 2.71. The monoisotopic (exact) mass is 403 g/mol. The van der Waals surface area contributed by atoms with Gasteiger partial charge in [0, 0.05) is 19.2 Å². The number of thioether (sulfide) groups is 1. The first kappa shape index (κ1) is 20.5. The Hall–Kier alpha value is -2.28. The number of benzene rings is 1. The number of pyridine rings is 1. The first-order valence-electron chi connectivity index (χ1n) is 9.28. The fourth-order valence-electron chi connectivity index (χ4n) is 3.49. The maximum atomic E-state index is 13.6. The van der Waals surface area contributed by atoms with Crippen LogP contribution < -0.4 is 4.74 Å². The summed E-state index contributed by atoms with van der Waals surface area (Å²) in [5.41, 5.74) is 1.50. The van der Waals surface area contributed by atoms with Gasteiger partial charge in [-0.1, -0.05) is 30.8 Å². The molecule has 1 aliphatic rings. The molecule has 2 aromatic rings. The van der Waals surface area contributed by atoms with Crippen LogP contribution in [0.4, 0.5) is 10.1 Å². The molecule has 1 N–H and O–H groups in total. The predicted octanol–water partition coefficient (Wildman–Crippen LogP) is 4.63. The fourth-order valence-corrected chi connectivity index (χ4v) is 4.13. The van der Waals surface area contributed by atoms with Gasteiger partial charge in [-0.2, -0.15) is 0 Å². The van der Waals surface area contributed by atoms with E-state index in [9.17, 15) is 9.50 Å². The van der Waals surface area contributed by atoms with Crippen molar-refractivity contribution >= 4 is 22.6 Å². The van der Waals surface area contributed by atoms with Crippen LogP contribution in [0, 0.1) is 11.2 Å². The van der Waals surface area contributed by atoms with Gasteiger partial charge >= 0.3 is 0 Å². The molecule has 0 unspecified atom stereocenters. The van der Waals surface area contributed by atoms with E-state index in [2.05, 4.69) is 16.8 Å². The van der Waals surface area contributed by atoms with E-state index >= 15 is 0 Å². The Bertz CT molecular complexity index is 834. The lowest BCUT2D eigenvalue weighted by atomic mass is 9.75. The number of nitrogens with zero attached hydrogens (tertiary/aromatic N) is 3. The molecular formula is C21H26FN3O2S. The van der Waals surface area contributed by atoms with E-state index in [1.807, 2.05) is 18.4 Å². The Balaban J connectivity index is 1.67. The van der Waals surface area contributed by atoms with Crippen molar-refractivity contribution < 1.29 is 14.2 Å². The zero-order chi connectivity index (χ0) is 20.1. The molecule has 1 fully saturated rings. The highest BCUT2D eigenvalue weighted by molar-refractivity contribution is 8.13. The molecule has 2 heterocycles. The molecule has 0 bridgehead atoms. The molecule has 1 aromatic carbocycles. The van der Waals surface area contributed by atoms with Gasteiger partial charge in [0.2, 0.25) is 5.88 Å². The highest BCUT2D eigenvalue weighted by atomic mass is 32.2. The summed E-state index contributed by atoms with van der Waals surface area (Å²) in [6, 6.07) is 8.45. The van der Waals surface area contributed by atoms with Crippen LogP contribution in [0.2, 0.25) is 0 Å². The number of halogens is 1. The van der Waals surface area contributed by atoms with Crippen LogP contribution in [0.25, 0.3) is 0 Å². The Morgan fingerprint density at radius 2 is 2.07 bits per heavy atom. The van der Waals surface area contributed by atoms with Crippen molar-refractivity contribution in [2.45, 2.75) is 26.2 Å². The molecule has 1 saturated heterocycles. The summed E-state index contributed by atoms with van der Waals surface area (Å²) < 4.78 is 18.7. The fraction of sp³-hybridized carbons (Fsp3) is 0.429. The molecular weight excluding hydrogens is 377 g/mol. The third kappa shape index (κ3) is 4.76. The van der Waals surface area contributed by atoms with Gasteiger partial charge in [0.15, 0.2) is 16.7 Å². The number of aromatic nitrogens is 1. The molecule has 5 nitrogen and oxygen atoms in total. The standard InChI is InChI=1S/C21H26FN3O2S/c1-21(13-15-5-4-6-17(22)19(15)26)9-11-25(12-10-21)20(28-3)24-16-7-8-18(27-2)23-14-16/h4-8,14,26H,9-13H2,1-3H3. The number of para-hydroxylation sites is 1. The number of ether oxygens (including phenoxy) is 1. The van der Waals surface area contributed by atoms with Crippen molar-refractivity contribution in [2.75, 3.05) is 26.5 Å². The number of methoxy groups -OCH3 is 1. The summed E-state index contributed by atoms with van der Waals surface area (Å²) in [5, 5.41) is 11.0. The third-order valence-corrected chi connectivity index (χ3v) is 5.98. The molecule has 0 amide bonds. The summed E-state index contributed by atoms with van der Waals surface area (Å²) in [4.78, 5) is 11.2. The van der Waals surface area contributed by atoms with E-state index in [1.165, 1.54) is 6.07 Å². The molecule has 150 valence electrons. The Kier molecular flexibility index (Phi) is 6.44. The zero-order valence-electron chi connectivity index (χ0n) is 16.5. The summed E-state index contributed by atoms with van der Waals surface area (Å²) in [6.45, 7) is 3.95. The smallest absolute Gasteiger partial charge is 0.213 e. The Labute approximate surface area is 169 Å². The van der Waals surface area contributed by atoms with E-state index in [0.717, 1.165) is 36.8 Å². The predicted molar refractivity (Wildman–Crippen MR) is 112 cm³/mol. The molecule has 0 atom stereocenters. The molecule has 7 heteroatoms. The third-order valence-electron chi connectivity index (χ3n) is 5.27. The van der Waals surface area contributed by atoms with Crippen molar-refractivity contribution in [1.82, 2.24) is 9.88 Å². The molecule has 3 rings (SSSR count). The zero-order valence-corrected chi connectivity index (χ0v) is 17.3. The van der Waals surface area contributed by atoms with Crippen molar-refractivity contribution in [3.05, 3.63) is 47.9 Å². The maximum absolute atomic E-state index is 13.6. The lowest BCUT2D eigenvalue weighted by Gasteiger charge is -2.40. The topological polar surface area (TPSA) is 58.0 Å². The van der Waals surface area contributed by atoms with Gasteiger partial charge in [0.1, 0.15) is 0 Å². The van der Waals surface area contributed by atoms with Crippen LogP contribution in [-0.2, 0) is 6.42 Å². The number of piperidine rings is 1. The number of rotatable bonds is 4. The molecule has 0 radical (unpaired) electrons. The quantitative estimate of drug-likeness (QED) is 0.596. The van der Waals surface area contributed by atoms with Crippen LogP contribution in [0.15, 0.2) is 41.5 Å². The molecule has 1 aromatic heterocycles. The van der Waals surface area contributed by atoms with Crippen molar-refractivity contribution in [3.63, 3.8) is 0 Å². The summed E-state index contributed by atoms with van der Waals surface area (Å²) >= 11 is 1.62. The van der Waals surface area contributed by atoms with Crippen LogP contribution >= 0.6 is 11.8 Å². The van der Waals surface area contributed by atoms with E-state index in [1.54, 1.807) is 37.2 Å². The summed E-state index contributed by atoms with van der Waals surface area (Å²) in [6.07, 6.45) is 6.29. The highest BCUT2D eigenvalue weighted by Gasteiger charge is 2.32. The molecule has 0 aliphatic carbocycles. The molecule has 0 spiro atoms. The van der Waals surface area contributed by atoms with E-state index < -0.39 is 5.82 Å². The SMILES string of the molecule is COc1ccc(N=C(SC)N2CCC(C)(Cc3cccc(F)c3O)CC2)cn1. The lowest BCUT2D eigenvalue weighted by Crippen LogP contribution is -2.41. The average molecular weight is 404 g/mol. The van der Waals surface area contributed by atoms with Gasteiger partial charge in [-0.25, -0.2) is 14.4 Å². The molecule has 28 heavy (non-hydrogen) atoms. The number of amidine groups is 1. The number of likely N-dealkylation sites (tertiary alicyclic amines) is 1. The minimum absolute atomic E-state index is 0.0208. The second-order valence-electron chi connectivity index (χ2n) is 7.38. The summed E-state index contributed by atoms with van der Waals surface area (Å²) in [7, 11) is 1.59. The Morgan fingerprint density at radius 1 is 1.32 bits per heavy atom. The minimum atomic E-state index is -0.552. The number of phenolic OH excluding ortho intramolecular Hbond substituents is 1. The number of phenols is 1. The number of aliphatic imine (C=N–C) groups is 1. The normalized spacial score (nSPS) is 16.9. The van der Waals surface area contributed by atoms with E-state index in [4.69, 9.17) is 9.73 Å². The number of hydrogen-bond donors (Lipinski definition) is 1. The minimum Gasteiger partial charge on any atom is -0.505 e. The van der Waals surface area contributed by atoms with Gasteiger partial charge in [-0.05, 0) is 48.6 Å². The van der Waals surface area contributed by atoms with E-state index in [0.29, 0.717) is 17.9 Å². The second-order valence-corrected chi connectivity index (χ2v) is 8.15. The first-order valence-corrected chi connectivity index (χ1v) is 10.5. The van der Waals surface area contributed by atoms with Crippen molar-refractivity contribution in [2.24, 2.45) is 10.4 Å². The van der Waals surface area contributed by atoms with Gasteiger partial charge in [0.25, 0.3) is 0 Å². The van der Waals surface area contributed by atoms with Crippen LogP contribution in [0.1, 0.15) is 25.3 Å². The summed E-state index contributed by atoms with van der Waals surface area (Å²) in [5.74, 6) is -0.202. The van der Waals surface area contributed by atoms with Crippen LogP contribution in [-0.4, -0.2) is 46.6 Å². The number of aromatic hydroxyl groups is 1. The van der Waals surface area contributed by atoms with Gasteiger partial charge in [0.05, 0.1) is 19.0 Å². The second kappa shape index (κ2) is 8.82. The van der Waals surface area contributed by atoms with Crippen molar-refractivity contribution in [3.8, 4) is 11.6 Å². The molecule has 0 saturated carbocycles. The highest BCUT2D eigenvalue weighted by Crippen LogP contribution is 2.38. The maximum Gasteiger partial charge on any atom is 0.213 e. The van der Waals surface area contributed by atoms with Crippen LogP contribution in [0.5, 0.6) is 11.6 Å². The van der Waals surface area contributed by atoms with Gasteiger partial charge < -0.3 is 14.7 Å². The van der Waals surface area contributed by atoms with Gasteiger partial charge in [-0.15, -0.1) is 0 Å². The first-order chi connectivity index (χ1) is 13.4. The lowest BCUT2D eigenvalue weighted by molar-refractivity contribution is 0.168. The number of hydrogen-bond acceptors (Lipinski definition) is 5. The Morgan fingerprint density at radius 3 is 2.68 bits per heavy atom. The van der Waals surface area contributed by atoms with Crippen molar-refractivity contribution in [1.29, 1.82) is 0 Å². The van der Waals surface area contributed by atoms with Crippen LogP contribution in [0.3, 0.4) is 0 Å². The van der Waals surface area contributed by atoms with E-state index in [-0.39, 0.29) is 11.2 Å². The van der Waals surface area contributed by atoms with Gasteiger partial charge in [-0.3, -0.25) is 0 Å². The largest absolute Gasteiger partial charge is 0.505 e. The molecule has 1 aliphatic heterocycles.